The van der Waals surface area contributed by atoms with E-state index in [4.69, 9.17) is 10.8 Å². The Morgan fingerprint density at radius 3 is 3.09 bits per heavy atom. The summed E-state index contributed by atoms with van der Waals surface area (Å²) >= 11 is 0. The molecule has 1 aliphatic rings. The van der Waals surface area contributed by atoms with E-state index in [1.165, 1.54) is 4.68 Å². The highest BCUT2D eigenvalue weighted by molar-refractivity contribution is 5.66. The fourth-order valence-electron chi connectivity index (χ4n) is 3.09. The second kappa shape index (κ2) is 6.78. The molecular weight excluding hydrogens is 294 g/mol. The molecule has 0 saturated carbocycles. The fraction of sp³-hybridized carbons (Fsp3) is 0.438. The van der Waals surface area contributed by atoms with Crippen molar-refractivity contribution in [2.45, 2.75) is 31.8 Å². The van der Waals surface area contributed by atoms with Crippen molar-refractivity contribution in [1.82, 2.24) is 19.7 Å². The molecule has 2 aromatic heterocycles. The molecule has 0 unspecified atom stereocenters. The highest BCUT2D eigenvalue weighted by Crippen LogP contribution is 2.27. The number of pyridine rings is 1. The number of rotatable bonds is 5. The van der Waals surface area contributed by atoms with Crippen molar-refractivity contribution in [3.8, 4) is 0 Å². The third-order valence-electron chi connectivity index (χ3n) is 4.20. The topological polar surface area (TPSA) is 97.3 Å². The molecule has 3 N–H and O–H groups in total. The number of nitrogens with zero attached hydrogens (tertiary/aromatic N) is 4. The molecule has 0 bridgehead atoms. The third kappa shape index (κ3) is 3.87. The van der Waals surface area contributed by atoms with Gasteiger partial charge in [-0.1, -0.05) is 6.07 Å². The largest absolute Gasteiger partial charge is 0.480 e. The van der Waals surface area contributed by atoms with Crippen LogP contribution in [0.15, 0.2) is 30.6 Å². The molecule has 0 radical (unpaired) electrons. The maximum absolute atomic E-state index is 10.8. The van der Waals surface area contributed by atoms with Crippen LogP contribution < -0.4 is 5.73 Å². The molecule has 7 nitrogen and oxygen atoms in total. The molecule has 23 heavy (non-hydrogen) atoms. The Morgan fingerprint density at radius 1 is 1.43 bits per heavy atom. The number of carboxylic acid groups (broad SMARTS) is 1. The number of carbonyl (C=O) groups is 1. The van der Waals surface area contributed by atoms with Crippen LogP contribution in [0.2, 0.25) is 0 Å². The van der Waals surface area contributed by atoms with Crippen molar-refractivity contribution in [1.29, 1.82) is 0 Å². The van der Waals surface area contributed by atoms with Crippen LogP contribution in [0.4, 0.5) is 5.82 Å². The maximum atomic E-state index is 10.8. The van der Waals surface area contributed by atoms with E-state index in [9.17, 15) is 4.79 Å². The van der Waals surface area contributed by atoms with E-state index in [1.807, 2.05) is 18.2 Å². The predicted molar refractivity (Wildman–Crippen MR) is 85.8 cm³/mol. The molecule has 3 rings (SSSR count). The number of hydrogen-bond donors (Lipinski definition) is 2. The van der Waals surface area contributed by atoms with Crippen LogP contribution >= 0.6 is 0 Å². The van der Waals surface area contributed by atoms with Crippen LogP contribution in [-0.4, -0.2) is 43.8 Å². The molecule has 0 aliphatic carbocycles. The number of nitrogen functional groups attached to an aromatic ring is 1. The smallest absolute Gasteiger partial charge is 0.325 e. The summed E-state index contributed by atoms with van der Waals surface area (Å²) in [5, 5.41) is 13.2. The van der Waals surface area contributed by atoms with Gasteiger partial charge in [0.25, 0.3) is 0 Å². The van der Waals surface area contributed by atoms with Gasteiger partial charge in [-0.25, -0.2) is 4.98 Å². The zero-order chi connectivity index (χ0) is 16.2. The molecule has 0 spiro atoms. The van der Waals surface area contributed by atoms with Gasteiger partial charge in [0.2, 0.25) is 0 Å². The van der Waals surface area contributed by atoms with Crippen LogP contribution in [0, 0.1) is 0 Å². The van der Waals surface area contributed by atoms with Crippen molar-refractivity contribution in [2.24, 2.45) is 0 Å². The molecule has 2 aromatic rings. The third-order valence-corrected chi connectivity index (χ3v) is 4.20. The average molecular weight is 315 g/mol. The first kappa shape index (κ1) is 15.5. The number of anilines is 1. The van der Waals surface area contributed by atoms with Gasteiger partial charge in [0.1, 0.15) is 12.4 Å². The lowest BCUT2D eigenvalue weighted by molar-refractivity contribution is -0.137. The summed E-state index contributed by atoms with van der Waals surface area (Å²) in [6.07, 6.45) is 5.61. The highest BCUT2D eigenvalue weighted by atomic mass is 16.4. The number of piperidine rings is 1. The molecule has 122 valence electrons. The first-order chi connectivity index (χ1) is 11.1. The molecule has 7 heteroatoms. The average Bonchev–Trinajstić information content (AvgIpc) is 2.98. The minimum absolute atomic E-state index is 0.0946. The molecule has 1 saturated heterocycles. The van der Waals surface area contributed by atoms with Crippen molar-refractivity contribution >= 4 is 11.8 Å². The lowest BCUT2D eigenvalue weighted by atomic mass is 9.94. The Bertz CT molecular complexity index is 685. The Morgan fingerprint density at radius 2 is 2.30 bits per heavy atom. The van der Waals surface area contributed by atoms with Crippen molar-refractivity contribution in [3.63, 3.8) is 0 Å². The molecular formula is C16H21N5O2. The summed E-state index contributed by atoms with van der Waals surface area (Å²) in [5.41, 5.74) is 7.94. The van der Waals surface area contributed by atoms with Crippen LogP contribution in [0.25, 0.3) is 0 Å². The Kier molecular flexibility index (Phi) is 4.57. The molecule has 1 aliphatic heterocycles. The second-order valence-electron chi connectivity index (χ2n) is 5.95. The lowest BCUT2D eigenvalue weighted by Gasteiger charge is -2.32. The Labute approximate surface area is 134 Å². The van der Waals surface area contributed by atoms with Gasteiger partial charge in [-0.3, -0.25) is 14.4 Å². The van der Waals surface area contributed by atoms with Gasteiger partial charge in [0.15, 0.2) is 0 Å². The fourth-order valence-corrected chi connectivity index (χ4v) is 3.09. The van der Waals surface area contributed by atoms with Crippen LogP contribution in [-0.2, 0) is 17.9 Å². The standard InChI is InChI=1S/C16H21N5O2/c17-16-13(3-1-6-18-16)10-20-7-2-4-12(9-20)14-5-8-21(19-14)11-15(22)23/h1,3,5-6,8,12H,2,4,7,9-11H2,(H2,17,18)(H,22,23)/t12-/m0/s1. The van der Waals surface area contributed by atoms with E-state index in [2.05, 4.69) is 15.0 Å². The quantitative estimate of drug-likeness (QED) is 0.864. The van der Waals surface area contributed by atoms with E-state index in [0.717, 1.165) is 43.7 Å². The summed E-state index contributed by atoms with van der Waals surface area (Å²) < 4.78 is 1.48. The van der Waals surface area contributed by atoms with Gasteiger partial charge in [-0.05, 0) is 31.5 Å². The van der Waals surface area contributed by atoms with Gasteiger partial charge in [-0.2, -0.15) is 5.10 Å². The minimum atomic E-state index is -0.878. The predicted octanol–water partition coefficient (Wildman–Crippen LogP) is 1.32. The van der Waals surface area contributed by atoms with Crippen LogP contribution in [0.1, 0.15) is 30.0 Å². The van der Waals surface area contributed by atoms with Crippen LogP contribution in [0.5, 0.6) is 0 Å². The minimum Gasteiger partial charge on any atom is -0.480 e. The number of carboxylic acids is 1. The molecule has 1 fully saturated rings. The molecule has 3 heterocycles. The first-order valence-electron chi connectivity index (χ1n) is 7.78. The van der Waals surface area contributed by atoms with E-state index in [0.29, 0.717) is 11.7 Å². The molecule has 1 atom stereocenters. The number of hydrogen-bond acceptors (Lipinski definition) is 5. The Hall–Kier alpha value is -2.41. The number of aromatic nitrogens is 3. The van der Waals surface area contributed by atoms with Gasteiger partial charge in [0, 0.05) is 37.0 Å². The zero-order valence-corrected chi connectivity index (χ0v) is 12.9. The van der Waals surface area contributed by atoms with Gasteiger partial charge in [-0.15, -0.1) is 0 Å². The summed E-state index contributed by atoms with van der Waals surface area (Å²) in [7, 11) is 0. The zero-order valence-electron chi connectivity index (χ0n) is 12.9. The monoisotopic (exact) mass is 315 g/mol. The molecule has 0 aromatic carbocycles. The van der Waals surface area contributed by atoms with E-state index >= 15 is 0 Å². The summed E-state index contributed by atoms with van der Waals surface area (Å²) in [6.45, 7) is 2.62. The van der Waals surface area contributed by atoms with E-state index < -0.39 is 5.97 Å². The first-order valence-corrected chi connectivity index (χ1v) is 7.78. The van der Waals surface area contributed by atoms with Crippen molar-refractivity contribution in [3.05, 3.63) is 41.9 Å². The van der Waals surface area contributed by atoms with E-state index in [-0.39, 0.29) is 6.54 Å². The van der Waals surface area contributed by atoms with Crippen molar-refractivity contribution < 1.29 is 9.90 Å². The SMILES string of the molecule is Nc1ncccc1CN1CCC[C@H](c2ccn(CC(=O)O)n2)C1. The number of nitrogens with two attached hydrogens (primary N) is 1. The maximum Gasteiger partial charge on any atom is 0.325 e. The second-order valence-corrected chi connectivity index (χ2v) is 5.95. The van der Waals surface area contributed by atoms with Gasteiger partial charge in [0.05, 0.1) is 5.69 Å². The summed E-state index contributed by atoms with van der Waals surface area (Å²) in [5.74, 6) is 0.0361. The van der Waals surface area contributed by atoms with Crippen molar-refractivity contribution in [2.75, 3.05) is 18.8 Å². The van der Waals surface area contributed by atoms with Crippen LogP contribution in [0.3, 0.4) is 0 Å². The number of likely N-dealkylation sites (tertiary alicyclic amines) is 1. The summed E-state index contributed by atoms with van der Waals surface area (Å²) in [6, 6.07) is 5.84. The molecule has 0 amide bonds. The highest BCUT2D eigenvalue weighted by Gasteiger charge is 2.23. The number of aliphatic carboxylic acids is 1. The normalized spacial score (nSPS) is 18.9. The summed E-state index contributed by atoms with van der Waals surface area (Å²) in [4.78, 5) is 17.2. The van der Waals surface area contributed by atoms with Gasteiger partial charge >= 0.3 is 5.97 Å². The van der Waals surface area contributed by atoms with Gasteiger partial charge < -0.3 is 10.8 Å². The Balaban J connectivity index is 1.65. The lowest BCUT2D eigenvalue weighted by Crippen LogP contribution is -2.34. The van der Waals surface area contributed by atoms with E-state index in [1.54, 1.807) is 12.4 Å².